The fourth-order valence-electron chi connectivity index (χ4n) is 3.37. The van der Waals surface area contributed by atoms with Gasteiger partial charge >= 0.3 is 0 Å². The first-order valence-electron chi connectivity index (χ1n) is 10.6. The number of carbonyl (C=O) groups is 1. The van der Waals surface area contributed by atoms with Crippen molar-refractivity contribution in [2.45, 2.75) is 11.8 Å². The van der Waals surface area contributed by atoms with E-state index in [-0.39, 0.29) is 16.3 Å². The van der Waals surface area contributed by atoms with E-state index in [1.54, 1.807) is 42.5 Å². The summed E-state index contributed by atoms with van der Waals surface area (Å²) in [5.74, 6) is 1.07. The third kappa shape index (κ3) is 5.78. The molecule has 0 aliphatic heterocycles. The van der Waals surface area contributed by atoms with Crippen molar-refractivity contribution in [1.29, 1.82) is 0 Å². The number of carbonyl (C=O) groups excluding carboxylic acids is 1. The molecule has 0 unspecified atom stereocenters. The summed E-state index contributed by atoms with van der Waals surface area (Å²) in [6.45, 7) is 1.35. The van der Waals surface area contributed by atoms with Crippen LogP contribution in [0.4, 0.5) is 11.4 Å². The van der Waals surface area contributed by atoms with Gasteiger partial charge in [-0.3, -0.25) is 9.10 Å². The van der Waals surface area contributed by atoms with E-state index in [4.69, 9.17) is 18.9 Å². The molecule has 3 aromatic rings. The van der Waals surface area contributed by atoms with E-state index in [1.165, 1.54) is 46.6 Å². The van der Waals surface area contributed by atoms with Gasteiger partial charge in [0.25, 0.3) is 10.0 Å². The van der Waals surface area contributed by atoms with Crippen molar-refractivity contribution >= 4 is 27.3 Å². The quantitative estimate of drug-likeness (QED) is 0.451. The number of sulfonamides is 1. The molecule has 0 fully saturated rings. The minimum Gasteiger partial charge on any atom is -0.497 e. The number of benzene rings is 3. The topological polar surface area (TPSA) is 103 Å². The highest BCUT2D eigenvalue weighted by molar-refractivity contribution is 7.92. The van der Waals surface area contributed by atoms with Gasteiger partial charge in [0.15, 0.2) is 11.5 Å². The monoisotopic (exact) mass is 500 g/mol. The number of anilines is 2. The Balaban J connectivity index is 2.00. The Morgan fingerprint density at radius 3 is 2.06 bits per heavy atom. The van der Waals surface area contributed by atoms with Crippen LogP contribution < -0.4 is 28.6 Å². The summed E-state index contributed by atoms with van der Waals surface area (Å²) in [6, 6.07) is 15.9. The molecule has 0 aromatic heterocycles. The number of hydrogen-bond donors (Lipinski definition) is 1. The third-order valence-electron chi connectivity index (χ3n) is 5.22. The Labute approximate surface area is 205 Å². The highest BCUT2D eigenvalue weighted by Gasteiger charge is 2.30. The van der Waals surface area contributed by atoms with E-state index in [2.05, 4.69) is 5.32 Å². The van der Waals surface area contributed by atoms with E-state index in [1.807, 2.05) is 6.92 Å². The zero-order valence-corrected chi connectivity index (χ0v) is 21.0. The maximum absolute atomic E-state index is 13.7. The van der Waals surface area contributed by atoms with Gasteiger partial charge in [0, 0.05) is 17.8 Å². The molecule has 0 aliphatic carbocycles. The largest absolute Gasteiger partial charge is 0.497 e. The van der Waals surface area contributed by atoms with E-state index in [9.17, 15) is 13.2 Å². The predicted molar refractivity (Wildman–Crippen MR) is 133 cm³/mol. The highest BCUT2D eigenvalue weighted by atomic mass is 32.2. The summed E-state index contributed by atoms with van der Waals surface area (Å²) in [4.78, 5) is 13.1. The molecule has 35 heavy (non-hydrogen) atoms. The third-order valence-corrected chi connectivity index (χ3v) is 6.99. The lowest BCUT2D eigenvalue weighted by Crippen LogP contribution is -2.38. The fourth-order valence-corrected chi connectivity index (χ4v) is 4.80. The van der Waals surface area contributed by atoms with Gasteiger partial charge < -0.3 is 24.3 Å². The SMILES string of the molecule is COc1ccc(N(CC(=O)Nc2ccc(OC)c(OC)c2)S(=O)(=O)c2ccc(C)cc2)c(OC)c1. The van der Waals surface area contributed by atoms with Gasteiger partial charge in [-0.1, -0.05) is 17.7 Å². The molecule has 0 atom stereocenters. The lowest BCUT2D eigenvalue weighted by molar-refractivity contribution is -0.114. The molecule has 0 spiro atoms. The summed E-state index contributed by atoms with van der Waals surface area (Å²) in [6.07, 6.45) is 0. The van der Waals surface area contributed by atoms with Gasteiger partial charge in [-0.05, 0) is 43.3 Å². The molecule has 1 amide bonds. The minimum absolute atomic E-state index is 0.0416. The van der Waals surface area contributed by atoms with E-state index < -0.39 is 22.5 Å². The van der Waals surface area contributed by atoms with Crippen LogP contribution in [0.3, 0.4) is 0 Å². The number of ether oxygens (including phenoxy) is 4. The number of methoxy groups -OCH3 is 4. The van der Waals surface area contributed by atoms with Crippen LogP contribution in [0.2, 0.25) is 0 Å². The second-order valence-electron chi connectivity index (χ2n) is 7.48. The Morgan fingerprint density at radius 2 is 1.46 bits per heavy atom. The molecular weight excluding hydrogens is 472 g/mol. The predicted octanol–water partition coefficient (Wildman–Crippen LogP) is 3.86. The summed E-state index contributed by atoms with van der Waals surface area (Å²) in [7, 11) is 1.77. The summed E-state index contributed by atoms with van der Waals surface area (Å²) < 4.78 is 49.5. The molecule has 3 aromatic carbocycles. The lowest BCUT2D eigenvalue weighted by Gasteiger charge is -2.26. The van der Waals surface area contributed by atoms with Crippen LogP contribution >= 0.6 is 0 Å². The first-order chi connectivity index (χ1) is 16.7. The average molecular weight is 501 g/mol. The van der Waals surface area contributed by atoms with Crippen molar-refractivity contribution in [3.8, 4) is 23.0 Å². The lowest BCUT2D eigenvalue weighted by atomic mass is 10.2. The van der Waals surface area contributed by atoms with Gasteiger partial charge in [-0.15, -0.1) is 0 Å². The molecule has 0 radical (unpaired) electrons. The maximum Gasteiger partial charge on any atom is 0.264 e. The van der Waals surface area contributed by atoms with E-state index >= 15 is 0 Å². The van der Waals surface area contributed by atoms with Gasteiger partial charge in [-0.25, -0.2) is 8.42 Å². The van der Waals surface area contributed by atoms with Crippen LogP contribution in [0.15, 0.2) is 65.6 Å². The average Bonchev–Trinajstić information content (AvgIpc) is 2.87. The van der Waals surface area contributed by atoms with Crippen molar-refractivity contribution in [1.82, 2.24) is 0 Å². The molecule has 186 valence electrons. The molecule has 9 nitrogen and oxygen atoms in total. The number of aryl methyl sites for hydroxylation is 1. The highest BCUT2D eigenvalue weighted by Crippen LogP contribution is 2.36. The van der Waals surface area contributed by atoms with Crippen molar-refractivity contribution in [3.63, 3.8) is 0 Å². The van der Waals surface area contributed by atoms with Crippen molar-refractivity contribution in [2.75, 3.05) is 44.6 Å². The van der Waals surface area contributed by atoms with Crippen LogP contribution in [-0.4, -0.2) is 49.3 Å². The molecule has 0 bridgehead atoms. The fraction of sp³-hybridized carbons (Fsp3) is 0.240. The molecular formula is C25H28N2O7S. The molecule has 0 aliphatic rings. The van der Waals surface area contributed by atoms with Crippen LogP contribution in [0.1, 0.15) is 5.56 Å². The molecule has 0 heterocycles. The van der Waals surface area contributed by atoms with Gasteiger partial charge in [0.2, 0.25) is 5.91 Å². The zero-order chi connectivity index (χ0) is 25.6. The second kappa shape index (κ2) is 11.0. The van der Waals surface area contributed by atoms with Crippen LogP contribution in [0, 0.1) is 6.92 Å². The second-order valence-corrected chi connectivity index (χ2v) is 9.34. The summed E-state index contributed by atoms with van der Waals surface area (Å²) in [5.41, 5.74) is 1.52. The number of rotatable bonds is 10. The molecule has 10 heteroatoms. The number of amides is 1. The van der Waals surface area contributed by atoms with Crippen LogP contribution in [0.5, 0.6) is 23.0 Å². The molecule has 0 saturated carbocycles. The molecule has 3 rings (SSSR count). The smallest absolute Gasteiger partial charge is 0.264 e. The van der Waals surface area contributed by atoms with E-state index in [0.29, 0.717) is 22.9 Å². The maximum atomic E-state index is 13.7. The van der Waals surface area contributed by atoms with Gasteiger partial charge in [0.1, 0.15) is 18.0 Å². The van der Waals surface area contributed by atoms with E-state index in [0.717, 1.165) is 9.87 Å². The van der Waals surface area contributed by atoms with Crippen molar-refractivity contribution in [3.05, 3.63) is 66.2 Å². The van der Waals surface area contributed by atoms with Crippen molar-refractivity contribution < 1.29 is 32.2 Å². The summed E-state index contributed by atoms with van der Waals surface area (Å²) >= 11 is 0. The molecule has 1 N–H and O–H groups in total. The Bertz CT molecular complexity index is 1290. The van der Waals surface area contributed by atoms with Crippen LogP contribution in [-0.2, 0) is 14.8 Å². The van der Waals surface area contributed by atoms with Gasteiger partial charge in [-0.2, -0.15) is 0 Å². The minimum atomic E-state index is -4.13. The first-order valence-corrected chi connectivity index (χ1v) is 12.0. The summed E-state index contributed by atoms with van der Waals surface area (Å²) in [5, 5.41) is 2.71. The first kappa shape index (κ1) is 25.7. The van der Waals surface area contributed by atoms with Gasteiger partial charge in [0.05, 0.1) is 39.0 Å². The standard InChI is InChI=1S/C25H28N2O7S/c1-17-6-10-20(11-7-17)35(29,30)27(21-12-9-19(31-2)15-23(21)33-4)16-25(28)26-18-8-13-22(32-3)24(14-18)34-5/h6-15H,16H2,1-5H3,(H,26,28). The zero-order valence-electron chi connectivity index (χ0n) is 20.2. The Kier molecular flexibility index (Phi) is 8.08. The Morgan fingerprint density at radius 1 is 0.800 bits per heavy atom. The number of nitrogens with zero attached hydrogens (tertiary/aromatic N) is 1. The number of hydrogen-bond acceptors (Lipinski definition) is 7. The normalized spacial score (nSPS) is 10.9. The Hall–Kier alpha value is -3.92. The molecule has 0 saturated heterocycles. The van der Waals surface area contributed by atoms with Crippen LogP contribution in [0.25, 0.3) is 0 Å². The van der Waals surface area contributed by atoms with Crippen molar-refractivity contribution in [2.24, 2.45) is 0 Å². The number of nitrogens with one attached hydrogen (secondary N) is 1.